The molecule has 238 valence electrons. The molecule has 14 heteroatoms. The van der Waals surface area contributed by atoms with E-state index in [1.54, 1.807) is 12.4 Å². The van der Waals surface area contributed by atoms with Crippen LogP contribution in [-0.2, 0) is 4.79 Å². The van der Waals surface area contributed by atoms with E-state index in [9.17, 15) is 31.5 Å². The minimum atomic E-state index is -4.94. The van der Waals surface area contributed by atoms with Crippen LogP contribution in [0.1, 0.15) is 52.4 Å². The second-order valence-electron chi connectivity index (χ2n) is 10.7. The second kappa shape index (κ2) is 15.8. The molecule has 3 amide bonds. The summed E-state index contributed by atoms with van der Waals surface area (Å²) in [6.45, 7) is 8.07. The average Bonchev–Trinajstić information content (AvgIpc) is 2.97. The van der Waals surface area contributed by atoms with Crippen LogP contribution in [0.15, 0.2) is 51.7 Å². The Bertz CT molecular complexity index is 1130. The Morgan fingerprint density at radius 2 is 1.98 bits per heavy atom. The maximum absolute atomic E-state index is 14.9. The third-order valence-electron chi connectivity index (χ3n) is 7.72. The smallest absolute Gasteiger partial charge is 0.359 e. The number of nitrogens with one attached hydrogen (secondary N) is 2. The Hall–Kier alpha value is -3.58. The number of carbonyl (C=O) groups excluding carboxylic acids is 2. The number of rotatable bonds is 11. The van der Waals surface area contributed by atoms with Crippen LogP contribution in [-0.4, -0.2) is 96.4 Å². The number of halogens is 5. The van der Waals surface area contributed by atoms with Crippen molar-refractivity contribution in [1.29, 1.82) is 0 Å². The maximum atomic E-state index is 14.9. The largest absolute Gasteiger partial charge is 0.471 e. The molecule has 3 aliphatic rings. The number of amidine groups is 1. The summed E-state index contributed by atoms with van der Waals surface area (Å²) in [6.07, 6.45) is 5.35. The van der Waals surface area contributed by atoms with Gasteiger partial charge in [-0.05, 0) is 43.9 Å². The molecule has 0 radical (unpaired) electrons. The maximum Gasteiger partial charge on any atom is 0.471 e. The van der Waals surface area contributed by atoms with Crippen LogP contribution in [0, 0.1) is 5.92 Å². The van der Waals surface area contributed by atoms with Crippen LogP contribution >= 0.6 is 0 Å². The summed E-state index contributed by atoms with van der Waals surface area (Å²) < 4.78 is 67.2. The van der Waals surface area contributed by atoms with E-state index in [0.29, 0.717) is 13.0 Å². The van der Waals surface area contributed by atoms with Gasteiger partial charge in [0.1, 0.15) is 30.2 Å². The van der Waals surface area contributed by atoms with Gasteiger partial charge in [0, 0.05) is 37.6 Å². The minimum Gasteiger partial charge on any atom is -0.359 e. The number of hydrogen-bond acceptors (Lipinski definition) is 5. The molecule has 0 spiro atoms. The Morgan fingerprint density at radius 3 is 2.60 bits per heavy atom. The summed E-state index contributed by atoms with van der Waals surface area (Å²) in [5.74, 6) is -2.91. The van der Waals surface area contributed by atoms with Gasteiger partial charge in [0.05, 0.1) is 12.4 Å². The standard InChI is InChI=1S/C29H40F5N7O2/c1-4-7-8-13-41(24(6-3)21-16-19(30)9-10-22(21)31)18-37-25-23(5-2)35-17-36-26(25)39-28(43)38-20-11-14-40(15-12-20)27(42)29(32,33)34/h5,9-10,16-18,20-25H,2,4,6-8,11-15H2,1,3H3,(H2,35,36,38,39,43). The lowest BCUT2D eigenvalue weighted by atomic mass is 9.88. The summed E-state index contributed by atoms with van der Waals surface area (Å²) in [4.78, 5) is 40.1. The molecule has 3 rings (SSSR count). The first-order valence-corrected chi connectivity index (χ1v) is 14.6. The predicted molar refractivity (Wildman–Crippen MR) is 157 cm³/mol. The van der Waals surface area contributed by atoms with Crippen LogP contribution < -0.4 is 10.6 Å². The summed E-state index contributed by atoms with van der Waals surface area (Å²) in [5, 5.41) is 5.40. The molecule has 5 unspecified atom stereocenters. The first kappa shape index (κ1) is 33.9. The number of likely N-dealkylation sites (tertiary alicyclic amines) is 1. The molecule has 5 atom stereocenters. The molecule has 2 heterocycles. The lowest BCUT2D eigenvalue weighted by Gasteiger charge is -2.36. The van der Waals surface area contributed by atoms with Gasteiger partial charge in [0.2, 0.25) is 0 Å². The number of nitrogens with zero attached hydrogens (tertiary/aromatic N) is 5. The molecule has 0 aromatic carbocycles. The van der Waals surface area contributed by atoms with Crippen molar-refractivity contribution in [3.63, 3.8) is 0 Å². The van der Waals surface area contributed by atoms with Gasteiger partial charge in [0.15, 0.2) is 0 Å². The molecule has 1 aliphatic carbocycles. The quantitative estimate of drug-likeness (QED) is 0.114. The second-order valence-corrected chi connectivity index (χ2v) is 10.7. The number of piperidine rings is 1. The highest BCUT2D eigenvalue weighted by Crippen LogP contribution is 2.29. The molecule has 1 saturated heterocycles. The topological polar surface area (TPSA) is 102 Å². The summed E-state index contributed by atoms with van der Waals surface area (Å²) >= 11 is 0. The number of carbonyl (C=O) groups is 2. The van der Waals surface area contributed by atoms with Crippen molar-refractivity contribution in [3.8, 4) is 0 Å². The van der Waals surface area contributed by atoms with Crippen molar-refractivity contribution in [2.45, 2.75) is 88.9 Å². The Morgan fingerprint density at radius 1 is 1.26 bits per heavy atom. The first-order valence-electron chi connectivity index (χ1n) is 14.6. The van der Waals surface area contributed by atoms with Crippen molar-refractivity contribution >= 4 is 30.5 Å². The molecular formula is C29H40F5N7O2. The van der Waals surface area contributed by atoms with Gasteiger partial charge in [-0.1, -0.05) is 32.8 Å². The zero-order chi connectivity index (χ0) is 31.6. The number of alkyl halides is 4. The zero-order valence-electron chi connectivity index (χ0n) is 24.4. The number of unbranched alkanes of at least 4 members (excludes halogenated alkanes) is 2. The minimum absolute atomic E-state index is 0.135. The zero-order valence-corrected chi connectivity index (χ0v) is 24.4. The molecule has 0 saturated carbocycles. The van der Waals surface area contributed by atoms with E-state index >= 15 is 0 Å². The van der Waals surface area contributed by atoms with E-state index in [0.717, 1.165) is 30.2 Å². The lowest BCUT2D eigenvalue weighted by Crippen LogP contribution is -2.54. The van der Waals surface area contributed by atoms with Crippen molar-refractivity contribution < 1.29 is 31.5 Å². The first-order chi connectivity index (χ1) is 20.5. The average molecular weight is 614 g/mol. The summed E-state index contributed by atoms with van der Waals surface area (Å²) in [6, 6.07) is -2.79. The van der Waals surface area contributed by atoms with Crippen LogP contribution in [0.3, 0.4) is 0 Å². The molecular weight excluding hydrogens is 573 g/mol. The van der Waals surface area contributed by atoms with Gasteiger partial charge in [-0.25, -0.2) is 18.6 Å². The van der Waals surface area contributed by atoms with Crippen LogP contribution in [0.4, 0.5) is 26.7 Å². The van der Waals surface area contributed by atoms with Gasteiger partial charge >= 0.3 is 18.1 Å². The highest BCUT2D eigenvalue weighted by molar-refractivity contribution is 6.05. The van der Waals surface area contributed by atoms with Gasteiger partial charge in [-0.15, -0.1) is 6.58 Å². The Kier molecular flexibility index (Phi) is 12.4. The molecule has 1 fully saturated rings. The number of amides is 3. The lowest BCUT2D eigenvalue weighted by molar-refractivity contribution is -0.186. The van der Waals surface area contributed by atoms with Crippen molar-refractivity contribution in [2.24, 2.45) is 20.9 Å². The molecule has 0 aromatic rings. The number of hydrogen-bond donors (Lipinski definition) is 2. The SMILES string of the molecule is C=CC1N=CN=C(NC(=O)NC2CCN(C(=O)C(F)(F)F)CC2)C1N=CN(CCCCC)C(CC)C1C=C(F)C=CC1F. The fourth-order valence-corrected chi connectivity index (χ4v) is 5.40. The monoisotopic (exact) mass is 613 g/mol. The molecule has 43 heavy (non-hydrogen) atoms. The van der Waals surface area contributed by atoms with Crippen LogP contribution in [0.2, 0.25) is 0 Å². The van der Waals surface area contributed by atoms with E-state index in [2.05, 4.69) is 34.1 Å². The molecule has 2 aliphatic heterocycles. The van der Waals surface area contributed by atoms with Crippen molar-refractivity contribution in [3.05, 3.63) is 36.7 Å². The summed E-state index contributed by atoms with van der Waals surface area (Å²) in [7, 11) is 0. The van der Waals surface area contributed by atoms with Crippen molar-refractivity contribution in [1.82, 2.24) is 20.4 Å². The molecule has 0 aromatic heterocycles. The number of allylic oxidation sites excluding steroid dienone is 3. The van der Waals surface area contributed by atoms with Gasteiger partial charge in [-0.2, -0.15) is 13.2 Å². The van der Waals surface area contributed by atoms with E-state index in [1.807, 2.05) is 11.8 Å². The third-order valence-corrected chi connectivity index (χ3v) is 7.72. The van der Waals surface area contributed by atoms with E-state index in [4.69, 9.17) is 4.99 Å². The number of aliphatic imine (C=N–C) groups is 3. The van der Waals surface area contributed by atoms with Gasteiger partial charge < -0.3 is 15.1 Å². The fraction of sp³-hybridized carbons (Fsp3) is 0.621. The third kappa shape index (κ3) is 9.45. The van der Waals surface area contributed by atoms with Crippen LogP contribution in [0.25, 0.3) is 0 Å². The van der Waals surface area contributed by atoms with Crippen molar-refractivity contribution in [2.75, 3.05) is 19.6 Å². The predicted octanol–water partition coefficient (Wildman–Crippen LogP) is 4.88. The normalized spacial score (nSPS) is 25.2. The van der Waals surface area contributed by atoms with E-state index < -0.39 is 54.2 Å². The fourth-order valence-electron chi connectivity index (χ4n) is 5.40. The van der Waals surface area contributed by atoms with Gasteiger partial charge in [0.25, 0.3) is 0 Å². The summed E-state index contributed by atoms with van der Waals surface area (Å²) in [5.41, 5.74) is 0. The molecule has 0 bridgehead atoms. The highest BCUT2D eigenvalue weighted by atomic mass is 19.4. The molecule has 2 N–H and O–H groups in total. The van der Waals surface area contributed by atoms with E-state index in [1.165, 1.54) is 18.5 Å². The highest BCUT2D eigenvalue weighted by Gasteiger charge is 2.43. The number of urea groups is 1. The Labute approximate surface area is 248 Å². The van der Waals surface area contributed by atoms with E-state index in [-0.39, 0.29) is 37.8 Å². The Balaban J connectivity index is 1.71. The molecule has 9 nitrogen and oxygen atoms in total. The van der Waals surface area contributed by atoms with Gasteiger partial charge in [-0.3, -0.25) is 20.1 Å². The van der Waals surface area contributed by atoms with Crippen LogP contribution in [0.5, 0.6) is 0 Å².